The average molecular weight is 457 g/mol. The van der Waals surface area contributed by atoms with Crippen LogP contribution in [0.5, 0.6) is 0 Å². The first-order valence-corrected chi connectivity index (χ1v) is 13.8. The number of carbonyl (C=O) groups is 1. The SMILES string of the molecule is CC1(C)C(O)CC[C@@]2(C)C1CC[C@@]1(C)CC3=CC(=O)C4C(C)(C)C(O)CC[C@]4(C)C3CCC12. The highest BCUT2D eigenvalue weighted by Crippen LogP contribution is 2.70. The van der Waals surface area contributed by atoms with Crippen LogP contribution in [0, 0.1) is 50.7 Å². The summed E-state index contributed by atoms with van der Waals surface area (Å²) in [6.07, 6.45) is 11.1. The first-order chi connectivity index (χ1) is 15.2. The smallest absolute Gasteiger partial charge is 0.159 e. The molecule has 0 spiro atoms. The molecule has 186 valence electrons. The van der Waals surface area contributed by atoms with Crippen molar-refractivity contribution in [3.05, 3.63) is 11.6 Å². The molecule has 3 heteroatoms. The van der Waals surface area contributed by atoms with Crippen LogP contribution in [0.3, 0.4) is 0 Å². The van der Waals surface area contributed by atoms with Gasteiger partial charge in [0.1, 0.15) is 0 Å². The third kappa shape index (κ3) is 3.09. The van der Waals surface area contributed by atoms with Gasteiger partial charge in [-0.1, -0.05) is 54.0 Å². The van der Waals surface area contributed by atoms with E-state index in [1.807, 2.05) is 6.08 Å². The Hall–Kier alpha value is -0.670. The molecule has 0 aromatic rings. The Bertz CT molecular complexity index is 870. The molecule has 9 atom stereocenters. The van der Waals surface area contributed by atoms with E-state index in [0.29, 0.717) is 17.8 Å². The van der Waals surface area contributed by atoms with Gasteiger partial charge in [0.2, 0.25) is 0 Å². The Morgan fingerprint density at radius 2 is 1.33 bits per heavy atom. The lowest BCUT2D eigenvalue weighted by Crippen LogP contribution is -2.58. The Balaban J connectivity index is 1.54. The Kier molecular flexibility index (Phi) is 5.24. The minimum atomic E-state index is -0.393. The second-order valence-electron chi connectivity index (χ2n) is 14.9. The normalized spacial score (nSPS) is 53.0. The van der Waals surface area contributed by atoms with Crippen molar-refractivity contribution in [1.82, 2.24) is 0 Å². The number of aliphatic hydroxyl groups excluding tert-OH is 2. The van der Waals surface area contributed by atoms with Crippen LogP contribution in [-0.2, 0) is 4.79 Å². The van der Waals surface area contributed by atoms with Crippen molar-refractivity contribution < 1.29 is 15.0 Å². The lowest BCUT2D eigenvalue weighted by molar-refractivity contribution is -0.170. The maximum absolute atomic E-state index is 13.6. The van der Waals surface area contributed by atoms with Gasteiger partial charge in [-0.25, -0.2) is 0 Å². The summed E-state index contributed by atoms with van der Waals surface area (Å²) in [5.74, 6) is 1.86. The highest BCUT2D eigenvalue weighted by molar-refractivity contribution is 5.95. The van der Waals surface area contributed by atoms with E-state index in [2.05, 4.69) is 48.5 Å². The Morgan fingerprint density at radius 3 is 2.00 bits per heavy atom. The van der Waals surface area contributed by atoms with E-state index < -0.39 is 6.10 Å². The van der Waals surface area contributed by atoms with E-state index in [0.717, 1.165) is 32.1 Å². The summed E-state index contributed by atoms with van der Waals surface area (Å²) in [4.78, 5) is 13.6. The van der Waals surface area contributed by atoms with Crippen LogP contribution in [0.25, 0.3) is 0 Å². The molecule has 0 bridgehead atoms. The molecular weight excluding hydrogens is 408 g/mol. The fourth-order valence-electron chi connectivity index (χ4n) is 10.9. The lowest BCUT2D eigenvalue weighted by atomic mass is 9.42. The molecule has 5 rings (SSSR count). The van der Waals surface area contributed by atoms with E-state index in [1.165, 1.54) is 31.3 Å². The molecule has 0 aromatic carbocycles. The molecule has 0 amide bonds. The van der Waals surface area contributed by atoms with Gasteiger partial charge in [-0.2, -0.15) is 0 Å². The summed E-state index contributed by atoms with van der Waals surface area (Å²) in [5, 5.41) is 21.7. The number of ketones is 1. The monoisotopic (exact) mass is 456 g/mol. The number of allylic oxidation sites excluding steroid dienone is 2. The molecule has 6 unspecified atom stereocenters. The fraction of sp³-hybridized carbons (Fsp3) is 0.900. The average Bonchev–Trinajstić information content (AvgIpc) is 2.85. The first kappa shape index (κ1) is 24.0. The van der Waals surface area contributed by atoms with E-state index in [1.54, 1.807) is 0 Å². The van der Waals surface area contributed by atoms with Crippen molar-refractivity contribution in [2.24, 2.45) is 50.7 Å². The summed E-state index contributed by atoms with van der Waals surface area (Å²) in [6.45, 7) is 16.3. The third-order valence-corrected chi connectivity index (χ3v) is 12.6. The third-order valence-electron chi connectivity index (χ3n) is 12.6. The molecule has 0 saturated heterocycles. The molecule has 0 radical (unpaired) electrons. The highest BCUT2D eigenvalue weighted by atomic mass is 16.3. The topological polar surface area (TPSA) is 57.5 Å². The zero-order chi connectivity index (χ0) is 24.2. The number of hydrogen-bond acceptors (Lipinski definition) is 3. The van der Waals surface area contributed by atoms with Gasteiger partial charge < -0.3 is 10.2 Å². The lowest BCUT2D eigenvalue weighted by Gasteiger charge is -2.63. The van der Waals surface area contributed by atoms with Crippen LogP contribution in [0.2, 0.25) is 0 Å². The van der Waals surface area contributed by atoms with Crippen LogP contribution < -0.4 is 0 Å². The molecule has 5 aliphatic carbocycles. The molecule has 0 aromatic heterocycles. The number of rotatable bonds is 0. The fourth-order valence-corrected chi connectivity index (χ4v) is 10.9. The second kappa shape index (κ2) is 7.19. The summed E-state index contributed by atoms with van der Waals surface area (Å²) in [6, 6.07) is 0. The van der Waals surface area contributed by atoms with Crippen LogP contribution in [0.1, 0.15) is 106 Å². The Labute approximate surface area is 201 Å². The van der Waals surface area contributed by atoms with Gasteiger partial charge in [0, 0.05) is 11.3 Å². The highest BCUT2D eigenvalue weighted by Gasteiger charge is 2.64. The Morgan fingerprint density at radius 1 is 0.727 bits per heavy atom. The standard InChI is InChI=1S/C30H48O3/c1-26(2)21-10-13-28(5)17-18-16-20(31)25-27(3,4)24(33)11-14-29(25,6)19(18)8-9-22(28)30(21,7)15-12-23(26)32/h16,19,21-25,32-33H,8-15,17H2,1-7H3/t19?,21?,22?,23?,24?,25?,28-,29+,30-/m0/s1. The van der Waals surface area contributed by atoms with Gasteiger partial charge in [0.05, 0.1) is 12.2 Å². The van der Waals surface area contributed by atoms with E-state index in [-0.39, 0.29) is 44.9 Å². The largest absolute Gasteiger partial charge is 0.393 e. The van der Waals surface area contributed by atoms with Crippen molar-refractivity contribution in [3.8, 4) is 0 Å². The minimum Gasteiger partial charge on any atom is -0.393 e. The molecule has 4 fully saturated rings. The number of carbonyl (C=O) groups excluding carboxylic acids is 1. The molecule has 5 aliphatic rings. The van der Waals surface area contributed by atoms with Crippen LogP contribution in [0.4, 0.5) is 0 Å². The van der Waals surface area contributed by atoms with Crippen molar-refractivity contribution >= 4 is 5.78 Å². The quantitative estimate of drug-likeness (QED) is 0.448. The summed E-state index contributed by atoms with van der Waals surface area (Å²) < 4.78 is 0. The molecular formula is C30H48O3. The minimum absolute atomic E-state index is 0.0246. The molecule has 33 heavy (non-hydrogen) atoms. The summed E-state index contributed by atoms with van der Waals surface area (Å²) in [7, 11) is 0. The van der Waals surface area contributed by atoms with Gasteiger partial charge >= 0.3 is 0 Å². The number of aliphatic hydroxyl groups is 2. The second-order valence-corrected chi connectivity index (χ2v) is 14.9. The predicted molar refractivity (Wildman–Crippen MR) is 132 cm³/mol. The van der Waals surface area contributed by atoms with Crippen LogP contribution >= 0.6 is 0 Å². The number of fused-ring (bicyclic) bond motifs is 6. The molecule has 0 heterocycles. The van der Waals surface area contributed by atoms with E-state index in [4.69, 9.17) is 0 Å². The molecule has 4 saturated carbocycles. The van der Waals surface area contributed by atoms with Gasteiger partial charge in [-0.15, -0.1) is 0 Å². The zero-order valence-electron chi connectivity index (χ0n) is 22.2. The van der Waals surface area contributed by atoms with Crippen molar-refractivity contribution in [3.63, 3.8) is 0 Å². The van der Waals surface area contributed by atoms with E-state index in [9.17, 15) is 15.0 Å². The van der Waals surface area contributed by atoms with Gasteiger partial charge in [-0.3, -0.25) is 4.79 Å². The maximum atomic E-state index is 13.6. The van der Waals surface area contributed by atoms with Gasteiger partial charge in [0.25, 0.3) is 0 Å². The molecule has 3 nitrogen and oxygen atoms in total. The molecule has 0 aliphatic heterocycles. The van der Waals surface area contributed by atoms with Crippen molar-refractivity contribution in [1.29, 1.82) is 0 Å². The first-order valence-electron chi connectivity index (χ1n) is 13.8. The van der Waals surface area contributed by atoms with E-state index >= 15 is 0 Å². The van der Waals surface area contributed by atoms with Crippen molar-refractivity contribution in [2.45, 2.75) is 118 Å². The van der Waals surface area contributed by atoms with Crippen LogP contribution in [-0.4, -0.2) is 28.2 Å². The zero-order valence-corrected chi connectivity index (χ0v) is 22.2. The van der Waals surface area contributed by atoms with Crippen LogP contribution in [0.15, 0.2) is 11.6 Å². The van der Waals surface area contributed by atoms with Gasteiger partial charge in [-0.05, 0) is 103 Å². The summed E-state index contributed by atoms with van der Waals surface area (Å²) in [5.41, 5.74) is 1.48. The number of hydrogen-bond donors (Lipinski definition) is 2. The van der Waals surface area contributed by atoms with Gasteiger partial charge in [0.15, 0.2) is 5.78 Å². The predicted octanol–water partition coefficient (Wildman–Crippen LogP) is 6.32. The summed E-state index contributed by atoms with van der Waals surface area (Å²) >= 11 is 0. The van der Waals surface area contributed by atoms with Crippen molar-refractivity contribution in [2.75, 3.05) is 0 Å². The maximum Gasteiger partial charge on any atom is 0.159 e. The molecule has 2 N–H and O–H groups in total.